The molecule has 6 heteroatoms. The Balaban J connectivity index is 1.43. The van der Waals surface area contributed by atoms with Crippen molar-refractivity contribution in [1.82, 2.24) is 19.6 Å². The number of hydrogen-bond donors (Lipinski definition) is 1. The Labute approximate surface area is 147 Å². The third-order valence-electron chi connectivity index (χ3n) is 4.89. The number of aromatic nitrogens is 4. The van der Waals surface area contributed by atoms with Crippen LogP contribution in [0.2, 0.25) is 0 Å². The van der Waals surface area contributed by atoms with Gasteiger partial charge < -0.3 is 10.2 Å². The molecule has 0 unspecified atom stereocenters. The molecule has 4 rings (SSSR count). The molecule has 3 aromatic heterocycles. The number of piperidine rings is 1. The first-order valence-corrected chi connectivity index (χ1v) is 8.94. The Morgan fingerprint density at radius 3 is 2.80 bits per heavy atom. The van der Waals surface area contributed by atoms with Crippen LogP contribution in [0.15, 0.2) is 36.8 Å². The first-order valence-electron chi connectivity index (χ1n) is 8.94. The van der Waals surface area contributed by atoms with Gasteiger partial charge in [0.2, 0.25) is 0 Å². The van der Waals surface area contributed by atoms with Crippen molar-refractivity contribution in [3.8, 4) is 0 Å². The van der Waals surface area contributed by atoms with Crippen LogP contribution in [0.3, 0.4) is 0 Å². The number of pyridine rings is 1. The third kappa shape index (κ3) is 3.43. The summed E-state index contributed by atoms with van der Waals surface area (Å²) in [6.07, 6.45) is 8.10. The van der Waals surface area contributed by atoms with Crippen molar-refractivity contribution in [2.75, 3.05) is 23.3 Å². The molecule has 4 heterocycles. The molecule has 0 amide bonds. The van der Waals surface area contributed by atoms with E-state index in [0.29, 0.717) is 6.54 Å². The fraction of sp³-hybridized carbons (Fsp3) is 0.421. The van der Waals surface area contributed by atoms with E-state index in [9.17, 15) is 0 Å². The predicted molar refractivity (Wildman–Crippen MR) is 99.9 cm³/mol. The fourth-order valence-electron chi connectivity index (χ4n) is 3.31. The molecule has 0 radical (unpaired) electrons. The van der Waals surface area contributed by atoms with Gasteiger partial charge in [-0.25, -0.2) is 14.5 Å². The molecule has 0 saturated carbocycles. The Bertz CT molecular complexity index is 846. The van der Waals surface area contributed by atoms with E-state index in [2.05, 4.69) is 44.3 Å². The Hall–Kier alpha value is -2.63. The number of aryl methyl sites for hydroxylation is 1. The van der Waals surface area contributed by atoms with Gasteiger partial charge in [0, 0.05) is 38.2 Å². The van der Waals surface area contributed by atoms with Crippen LogP contribution in [0.5, 0.6) is 0 Å². The lowest BCUT2D eigenvalue weighted by Gasteiger charge is -2.31. The second kappa shape index (κ2) is 6.70. The highest BCUT2D eigenvalue weighted by Crippen LogP contribution is 2.21. The molecule has 25 heavy (non-hydrogen) atoms. The summed E-state index contributed by atoms with van der Waals surface area (Å²) in [6, 6.07) is 6.31. The van der Waals surface area contributed by atoms with Crippen LogP contribution < -0.4 is 10.2 Å². The van der Waals surface area contributed by atoms with Crippen LogP contribution in [0.1, 0.15) is 31.0 Å². The van der Waals surface area contributed by atoms with Crippen molar-refractivity contribution < 1.29 is 0 Å². The smallest absolute Gasteiger partial charge is 0.152 e. The maximum atomic E-state index is 4.65. The van der Waals surface area contributed by atoms with Gasteiger partial charge in [-0.1, -0.05) is 13.0 Å². The molecular formula is C19H24N6. The summed E-state index contributed by atoms with van der Waals surface area (Å²) < 4.78 is 1.85. The van der Waals surface area contributed by atoms with Crippen molar-refractivity contribution in [3.63, 3.8) is 0 Å². The Morgan fingerprint density at radius 1 is 1.20 bits per heavy atom. The molecule has 0 aromatic carbocycles. The van der Waals surface area contributed by atoms with Gasteiger partial charge >= 0.3 is 0 Å². The Kier molecular flexibility index (Phi) is 4.26. The van der Waals surface area contributed by atoms with E-state index < -0.39 is 0 Å². The zero-order valence-corrected chi connectivity index (χ0v) is 14.8. The minimum absolute atomic E-state index is 0.696. The van der Waals surface area contributed by atoms with E-state index in [0.717, 1.165) is 47.4 Å². The number of nitrogens with zero attached hydrogens (tertiary/aromatic N) is 5. The average molecular weight is 336 g/mol. The van der Waals surface area contributed by atoms with Crippen LogP contribution in [0.25, 0.3) is 5.52 Å². The molecule has 0 spiro atoms. The van der Waals surface area contributed by atoms with Crippen molar-refractivity contribution in [1.29, 1.82) is 0 Å². The molecule has 0 aliphatic carbocycles. The van der Waals surface area contributed by atoms with Crippen LogP contribution in [0.4, 0.5) is 11.6 Å². The average Bonchev–Trinajstić information content (AvgIpc) is 3.02. The van der Waals surface area contributed by atoms with Crippen LogP contribution >= 0.6 is 0 Å². The fourth-order valence-corrected chi connectivity index (χ4v) is 3.31. The number of rotatable bonds is 4. The molecule has 1 fully saturated rings. The number of hydrogen-bond acceptors (Lipinski definition) is 5. The van der Waals surface area contributed by atoms with Gasteiger partial charge in [-0.15, -0.1) is 0 Å². The molecule has 130 valence electrons. The summed E-state index contributed by atoms with van der Waals surface area (Å²) in [5.41, 5.74) is 3.12. The van der Waals surface area contributed by atoms with E-state index in [-0.39, 0.29) is 0 Å². The SMILES string of the molecule is Cc1cc2c(NCc3ccc(N4CCC(C)CC4)nc3)nccn2n1. The lowest BCUT2D eigenvalue weighted by Crippen LogP contribution is -2.33. The van der Waals surface area contributed by atoms with Gasteiger partial charge in [-0.2, -0.15) is 5.10 Å². The Morgan fingerprint density at radius 2 is 2.04 bits per heavy atom. The number of fused-ring (bicyclic) bond motifs is 1. The van der Waals surface area contributed by atoms with Crippen LogP contribution in [0, 0.1) is 12.8 Å². The summed E-state index contributed by atoms with van der Waals surface area (Å²) in [7, 11) is 0. The largest absolute Gasteiger partial charge is 0.364 e. The van der Waals surface area contributed by atoms with E-state index in [1.165, 1.54) is 12.8 Å². The monoisotopic (exact) mass is 336 g/mol. The quantitative estimate of drug-likeness (QED) is 0.792. The molecule has 1 aliphatic heterocycles. The lowest BCUT2D eigenvalue weighted by molar-refractivity contribution is 0.436. The van der Waals surface area contributed by atoms with Crippen molar-refractivity contribution in [2.45, 2.75) is 33.2 Å². The third-order valence-corrected chi connectivity index (χ3v) is 4.89. The van der Waals surface area contributed by atoms with E-state index in [1.54, 1.807) is 6.20 Å². The zero-order valence-electron chi connectivity index (χ0n) is 14.8. The summed E-state index contributed by atoms with van der Waals surface area (Å²) in [5.74, 6) is 2.77. The lowest BCUT2D eigenvalue weighted by atomic mass is 9.99. The van der Waals surface area contributed by atoms with Crippen molar-refractivity contribution in [3.05, 3.63) is 48.0 Å². The van der Waals surface area contributed by atoms with Crippen molar-refractivity contribution in [2.24, 2.45) is 5.92 Å². The maximum absolute atomic E-state index is 4.65. The summed E-state index contributed by atoms with van der Waals surface area (Å²) in [4.78, 5) is 11.5. The van der Waals surface area contributed by atoms with Gasteiger partial charge in [-0.05, 0) is 43.4 Å². The first-order chi connectivity index (χ1) is 12.2. The second-order valence-electron chi connectivity index (χ2n) is 6.94. The highest BCUT2D eigenvalue weighted by Gasteiger charge is 2.16. The van der Waals surface area contributed by atoms with Gasteiger partial charge in [-0.3, -0.25) is 0 Å². The highest BCUT2D eigenvalue weighted by molar-refractivity contribution is 5.67. The molecule has 0 atom stereocenters. The number of anilines is 2. The molecule has 1 N–H and O–H groups in total. The molecule has 6 nitrogen and oxygen atoms in total. The summed E-state index contributed by atoms with van der Waals surface area (Å²) in [5, 5.41) is 7.81. The van der Waals surface area contributed by atoms with Gasteiger partial charge in [0.25, 0.3) is 0 Å². The van der Waals surface area contributed by atoms with Gasteiger partial charge in [0.15, 0.2) is 5.82 Å². The van der Waals surface area contributed by atoms with Crippen molar-refractivity contribution >= 4 is 17.2 Å². The summed E-state index contributed by atoms with van der Waals surface area (Å²) >= 11 is 0. The topological polar surface area (TPSA) is 58.3 Å². The molecular weight excluding hydrogens is 312 g/mol. The van der Waals surface area contributed by atoms with Gasteiger partial charge in [0.1, 0.15) is 11.3 Å². The second-order valence-corrected chi connectivity index (χ2v) is 6.94. The standard InChI is InChI=1S/C19H24N6/c1-14-5-8-24(9-6-14)18-4-3-16(12-21-18)13-22-19-17-11-15(2)23-25(17)10-7-20-19/h3-4,7,10-12,14H,5-6,8-9,13H2,1-2H3,(H,20,22). The predicted octanol–water partition coefficient (Wildman–Crippen LogP) is 3.28. The van der Waals surface area contributed by atoms with Crippen LogP contribution in [-0.4, -0.2) is 32.7 Å². The molecule has 1 aliphatic rings. The van der Waals surface area contributed by atoms with Gasteiger partial charge in [0.05, 0.1) is 5.69 Å². The van der Waals surface area contributed by atoms with E-state index >= 15 is 0 Å². The molecule has 0 bridgehead atoms. The first kappa shape index (κ1) is 15.9. The van der Waals surface area contributed by atoms with E-state index in [1.807, 2.05) is 29.9 Å². The minimum Gasteiger partial charge on any atom is -0.364 e. The minimum atomic E-state index is 0.696. The summed E-state index contributed by atoms with van der Waals surface area (Å²) in [6.45, 7) is 7.23. The maximum Gasteiger partial charge on any atom is 0.152 e. The zero-order chi connectivity index (χ0) is 17.2. The molecule has 3 aromatic rings. The van der Waals surface area contributed by atoms with E-state index in [4.69, 9.17) is 0 Å². The highest BCUT2D eigenvalue weighted by atomic mass is 15.2. The molecule has 1 saturated heterocycles. The van der Waals surface area contributed by atoms with Crippen LogP contribution in [-0.2, 0) is 6.54 Å². The number of nitrogens with one attached hydrogen (secondary N) is 1. The normalized spacial score (nSPS) is 15.7.